The lowest BCUT2D eigenvalue weighted by molar-refractivity contribution is 0.0595. The Morgan fingerprint density at radius 1 is 0.857 bits per heavy atom. The lowest BCUT2D eigenvalue weighted by Gasteiger charge is -2.18. The first kappa shape index (κ1) is 24.4. The molecule has 0 radical (unpaired) electrons. The Balaban J connectivity index is 1.86. The van der Waals surface area contributed by atoms with Crippen molar-refractivity contribution in [3.05, 3.63) is 94.3 Å². The zero-order valence-corrected chi connectivity index (χ0v) is 21.0. The molecule has 0 bridgehead atoms. The van der Waals surface area contributed by atoms with Gasteiger partial charge in [-0.2, -0.15) is 0 Å². The van der Waals surface area contributed by atoms with Crippen molar-refractivity contribution in [2.24, 2.45) is 0 Å². The molecule has 180 valence electrons. The van der Waals surface area contributed by atoms with Gasteiger partial charge >= 0.3 is 5.97 Å². The van der Waals surface area contributed by atoms with Gasteiger partial charge < -0.3 is 4.74 Å². The second kappa shape index (κ2) is 9.15. The van der Waals surface area contributed by atoms with Crippen molar-refractivity contribution in [2.45, 2.75) is 32.6 Å². The van der Waals surface area contributed by atoms with Crippen molar-refractivity contribution in [3.8, 4) is 11.1 Å². The van der Waals surface area contributed by atoms with Gasteiger partial charge in [-0.1, -0.05) is 42.5 Å². The van der Waals surface area contributed by atoms with Gasteiger partial charge in [0.2, 0.25) is 0 Å². The number of nitrogens with one attached hydrogen (secondary N) is 1. The van der Waals surface area contributed by atoms with Gasteiger partial charge in [-0.3, -0.25) is 4.72 Å². The minimum absolute atomic E-state index is 0.167. The number of benzene rings is 4. The molecule has 0 aliphatic rings. The Labute approximate surface area is 204 Å². The summed E-state index contributed by atoms with van der Waals surface area (Å²) in [7, 11) is -2.68. The molecule has 4 aromatic rings. The van der Waals surface area contributed by atoms with Crippen molar-refractivity contribution < 1.29 is 22.3 Å². The maximum Gasteiger partial charge on any atom is 0.340 e. The Kier molecular flexibility index (Phi) is 6.38. The predicted octanol–water partition coefficient (Wildman–Crippen LogP) is 6.47. The van der Waals surface area contributed by atoms with Crippen molar-refractivity contribution in [1.82, 2.24) is 0 Å². The summed E-state index contributed by atoms with van der Waals surface area (Å²) in [5.74, 6) is -1.44. The molecule has 5 nitrogen and oxygen atoms in total. The first-order chi connectivity index (χ1) is 16.5. The summed E-state index contributed by atoms with van der Waals surface area (Å²) in [6.07, 6.45) is 0. The van der Waals surface area contributed by atoms with Gasteiger partial charge in [-0.05, 0) is 84.7 Å². The lowest BCUT2D eigenvalue weighted by atomic mass is 9.96. The average Bonchev–Trinajstić information content (AvgIpc) is 2.83. The molecule has 0 aliphatic carbocycles. The SMILES string of the molecule is COC(=O)c1cc(-c2ccc(NS(=O)(=O)c3c(C)c(C)cc(C)c3C)c3ccccc23)ccc1F. The number of fused-ring (bicyclic) bond motifs is 1. The molecule has 0 fully saturated rings. The number of anilines is 1. The number of methoxy groups -OCH3 is 1. The molecular weight excluding hydrogens is 465 g/mol. The molecule has 35 heavy (non-hydrogen) atoms. The zero-order valence-electron chi connectivity index (χ0n) is 20.2. The lowest BCUT2D eigenvalue weighted by Crippen LogP contribution is -2.17. The minimum atomic E-state index is -3.88. The Hall–Kier alpha value is -3.71. The first-order valence-corrected chi connectivity index (χ1v) is 12.5. The highest BCUT2D eigenvalue weighted by atomic mass is 32.2. The summed E-state index contributed by atoms with van der Waals surface area (Å²) in [6, 6.07) is 17.0. The third-order valence-corrected chi connectivity index (χ3v) is 8.06. The van der Waals surface area contributed by atoms with Gasteiger partial charge in [0.05, 0.1) is 23.3 Å². The molecule has 0 aliphatic heterocycles. The van der Waals surface area contributed by atoms with Crippen LogP contribution in [0.3, 0.4) is 0 Å². The van der Waals surface area contributed by atoms with E-state index in [0.717, 1.165) is 22.1 Å². The largest absolute Gasteiger partial charge is 0.465 e. The van der Waals surface area contributed by atoms with Gasteiger partial charge in [0.1, 0.15) is 5.82 Å². The Morgan fingerprint density at radius 3 is 2.11 bits per heavy atom. The van der Waals surface area contributed by atoms with Crippen LogP contribution in [0.1, 0.15) is 32.6 Å². The minimum Gasteiger partial charge on any atom is -0.465 e. The third kappa shape index (κ3) is 4.39. The van der Waals surface area contributed by atoms with Crippen molar-refractivity contribution >= 4 is 32.5 Å². The molecule has 0 saturated carbocycles. The molecule has 0 atom stereocenters. The molecule has 0 saturated heterocycles. The van der Waals surface area contributed by atoms with Crippen molar-refractivity contribution in [3.63, 3.8) is 0 Å². The molecule has 0 heterocycles. The van der Waals surface area contributed by atoms with Crippen LogP contribution in [0.2, 0.25) is 0 Å². The number of ether oxygens (including phenoxy) is 1. The normalized spacial score (nSPS) is 11.5. The number of hydrogen-bond acceptors (Lipinski definition) is 4. The maximum atomic E-state index is 14.2. The van der Waals surface area contributed by atoms with Crippen LogP contribution in [0, 0.1) is 33.5 Å². The van der Waals surface area contributed by atoms with Gasteiger partial charge in [-0.25, -0.2) is 17.6 Å². The summed E-state index contributed by atoms with van der Waals surface area (Å²) >= 11 is 0. The zero-order chi connectivity index (χ0) is 25.5. The second-order valence-corrected chi connectivity index (χ2v) is 10.2. The summed E-state index contributed by atoms with van der Waals surface area (Å²) < 4.78 is 48.7. The fraction of sp³-hybridized carbons (Fsp3) is 0.179. The Morgan fingerprint density at radius 2 is 1.49 bits per heavy atom. The van der Waals surface area contributed by atoms with E-state index in [2.05, 4.69) is 4.72 Å². The van der Waals surface area contributed by atoms with E-state index < -0.39 is 21.8 Å². The smallest absolute Gasteiger partial charge is 0.340 e. The van der Waals surface area contributed by atoms with E-state index in [1.165, 1.54) is 19.2 Å². The van der Waals surface area contributed by atoms with Crippen molar-refractivity contribution in [1.29, 1.82) is 0 Å². The number of halogens is 1. The van der Waals surface area contributed by atoms with Crippen molar-refractivity contribution in [2.75, 3.05) is 11.8 Å². The molecule has 4 aromatic carbocycles. The summed E-state index contributed by atoms with van der Waals surface area (Å²) in [5, 5.41) is 1.43. The van der Waals surface area contributed by atoms with Crippen LogP contribution >= 0.6 is 0 Å². The number of carbonyl (C=O) groups excluding carboxylic acids is 1. The van der Waals surface area contributed by atoms with Crippen LogP contribution in [0.15, 0.2) is 65.6 Å². The molecule has 1 N–H and O–H groups in total. The fourth-order valence-electron chi connectivity index (χ4n) is 4.38. The number of hydrogen-bond donors (Lipinski definition) is 1. The molecular formula is C28H26FNO4S. The van der Waals surface area contributed by atoms with E-state index in [0.29, 0.717) is 27.8 Å². The quantitative estimate of drug-likeness (QED) is 0.325. The van der Waals surface area contributed by atoms with Crippen LogP contribution in [0.4, 0.5) is 10.1 Å². The van der Waals surface area contributed by atoms with Crippen LogP contribution in [-0.4, -0.2) is 21.5 Å². The fourth-order valence-corrected chi connectivity index (χ4v) is 6.08. The maximum absolute atomic E-state index is 14.2. The van der Waals surface area contributed by atoms with E-state index in [9.17, 15) is 17.6 Å². The average molecular weight is 492 g/mol. The number of sulfonamides is 1. The van der Waals surface area contributed by atoms with E-state index in [1.54, 1.807) is 18.2 Å². The van der Waals surface area contributed by atoms with E-state index in [4.69, 9.17) is 4.74 Å². The number of carbonyl (C=O) groups is 1. The second-order valence-electron chi connectivity index (χ2n) is 8.59. The van der Waals surface area contributed by atoms with Crippen LogP contribution < -0.4 is 4.72 Å². The summed E-state index contributed by atoms with van der Waals surface area (Å²) in [4.78, 5) is 12.3. The first-order valence-electron chi connectivity index (χ1n) is 11.1. The summed E-state index contributed by atoms with van der Waals surface area (Å²) in [6.45, 7) is 7.42. The van der Waals surface area contributed by atoms with Crippen LogP contribution in [0.25, 0.3) is 21.9 Å². The van der Waals surface area contributed by atoms with Crippen LogP contribution in [-0.2, 0) is 14.8 Å². The number of aryl methyl sites for hydroxylation is 2. The summed E-state index contributed by atoms with van der Waals surface area (Å²) in [5.41, 5.74) is 4.84. The highest BCUT2D eigenvalue weighted by molar-refractivity contribution is 7.92. The standard InChI is InChI=1S/C28H26FNO4S/c1-16-14-17(2)19(4)27(18(16)3)35(32,33)30-26-13-11-21(22-8-6-7-9-23(22)26)20-10-12-25(29)24(15-20)28(31)34-5/h6-15,30H,1-5H3. The predicted molar refractivity (Wildman–Crippen MR) is 137 cm³/mol. The van der Waals surface area contributed by atoms with Gasteiger partial charge in [0, 0.05) is 5.39 Å². The number of rotatable bonds is 5. The van der Waals surface area contributed by atoms with Crippen LogP contribution in [0.5, 0.6) is 0 Å². The highest BCUT2D eigenvalue weighted by Gasteiger charge is 2.23. The molecule has 4 rings (SSSR count). The molecule has 0 unspecified atom stereocenters. The Bertz CT molecular complexity index is 1570. The molecule has 0 aromatic heterocycles. The molecule has 0 spiro atoms. The monoisotopic (exact) mass is 491 g/mol. The number of esters is 1. The van der Waals surface area contributed by atoms with Gasteiger partial charge in [0.25, 0.3) is 10.0 Å². The highest BCUT2D eigenvalue weighted by Crippen LogP contribution is 2.36. The molecule has 0 amide bonds. The van der Waals surface area contributed by atoms with E-state index >= 15 is 0 Å². The van der Waals surface area contributed by atoms with Gasteiger partial charge in [-0.15, -0.1) is 0 Å². The van der Waals surface area contributed by atoms with E-state index in [1.807, 2.05) is 58.0 Å². The molecule has 7 heteroatoms. The van der Waals surface area contributed by atoms with E-state index in [-0.39, 0.29) is 10.5 Å². The van der Waals surface area contributed by atoms with Gasteiger partial charge in [0.15, 0.2) is 0 Å². The third-order valence-electron chi connectivity index (χ3n) is 6.42. The topological polar surface area (TPSA) is 72.5 Å².